The van der Waals surface area contributed by atoms with Crippen LogP contribution in [0.15, 0.2) is 60.3 Å². The van der Waals surface area contributed by atoms with E-state index in [1.807, 2.05) is 6.07 Å². The zero-order valence-electron chi connectivity index (χ0n) is 30.1. The number of halogens is 1. The average Bonchev–Trinajstić information content (AvgIpc) is 3.97. The Hall–Kier alpha value is -4.49. The normalized spacial score (nSPS) is 26.1. The molecule has 3 unspecified atom stereocenters. The number of amides is 1. The molecule has 2 aliphatic rings. The van der Waals surface area contributed by atoms with E-state index in [2.05, 4.69) is 30.2 Å². The van der Waals surface area contributed by atoms with Gasteiger partial charge in [0, 0.05) is 29.9 Å². The number of nitrogens with one attached hydrogen (secondary N) is 2. The van der Waals surface area contributed by atoms with Gasteiger partial charge in [0.15, 0.2) is 34.7 Å². The number of aromatic amines is 1. The zero-order valence-corrected chi connectivity index (χ0v) is 32.7. The van der Waals surface area contributed by atoms with Gasteiger partial charge in [0.2, 0.25) is 6.49 Å². The van der Waals surface area contributed by atoms with Crippen LogP contribution in [-0.2, 0) is 44.2 Å². The summed E-state index contributed by atoms with van der Waals surface area (Å²) in [6, 6.07) is 10.5. The molecule has 0 aliphatic carbocycles. The molecule has 4 N–H and O–H groups in total. The summed E-state index contributed by atoms with van der Waals surface area (Å²) in [6.45, 7) is -3.48. The van der Waals surface area contributed by atoms with E-state index in [1.54, 1.807) is 41.8 Å². The minimum atomic E-state index is -3.90. The summed E-state index contributed by atoms with van der Waals surface area (Å²) in [7, 11) is -1.78. The highest BCUT2D eigenvalue weighted by molar-refractivity contribution is 8.10. The number of nitriles is 1. The van der Waals surface area contributed by atoms with Gasteiger partial charge in [-0.2, -0.15) is 5.26 Å². The summed E-state index contributed by atoms with van der Waals surface area (Å²) in [5.74, 6) is -1.19. The number of nitrogens with zero attached hydrogens (tertiary/aromatic N) is 7. The second-order valence-corrected chi connectivity index (χ2v) is 17.7. The molecule has 4 aromatic heterocycles. The number of hydrogen-bond acceptors (Lipinski definition) is 16. The number of aliphatic hydroxyl groups excluding tert-OH is 1. The lowest BCUT2D eigenvalue weighted by atomic mass is 10.0. The highest BCUT2D eigenvalue weighted by Crippen LogP contribution is 2.69. The Balaban J connectivity index is 1.21. The monoisotopic (exact) mass is 846 g/mol. The average molecular weight is 847 g/mol. The number of anilines is 1. The SMILES string of the molecule is CO[C@@H]1C(CO)O[C@@H](n2cc(F)c3c(=O)[nH]cnc32)[C@@]1(C)P(=S)(OCCC#N)OC[C@H]1O[C@@H](n2cnc3c(NC(=O)c4ccccc4)ncnc32)C[C@@H]1O[P+](=O)O. The molecule has 300 valence electrons. The second-order valence-electron chi connectivity index (χ2n) is 13.1. The molecule has 0 radical (unpaired) electrons. The maximum Gasteiger partial charge on any atom is 0.695 e. The minimum Gasteiger partial charge on any atom is -0.394 e. The van der Waals surface area contributed by atoms with Crippen molar-refractivity contribution in [2.45, 2.75) is 61.8 Å². The summed E-state index contributed by atoms with van der Waals surface area (Å²) in [5.41, 5.74) is 0.0695. The summed E-state index contributed by atoms with van der Waals surface area (Å²) in [5, 5.41) is 20.6. The van der Waals surface area contributed by atoms with Crippen LogP contribution in [0.3, 0.4) is 0 Å². The number of hydrogen-bond donors (Lipinski definition) is 4. The first-order valence-electron chi connectivity index (χ1n) is 17.2. The number of aromatic nitrogens is 7. The zero-order chi connectivity index (χ0) is 40.5. The standard InChI is InChI=1S/C33H34FN9O11P2S/c1-33(26(49-2)21(13-44)53-32(33)42-12-19(34)24-28(42)37-16-39-31(24)46)56(57,50-10-6-9-35)51-14-22-20(54-55(47)48)11-23(52-22)43-17-40-25-27(36-15-38-29(25)43)41-30(45)18-7-4-3-5-8-18/h3-5,7-8,12,15-17,20-23,26,32,44H,6,10-11,13-14H2,1-2H3,(H2-,36,37,38,39,41,45,46,47,48)/p+1/t20-,21?,22+,23+,26+,32+,33-,56?/m0/s1. The van der Waals surface area contributed by atoms with E-state index in [0.717, 1.165) is 12.5 Å². The molecule has 2 saturated heterocycles. The molecule has 5 aromatic rings. The van der Waals surface area contributed by atoms with Crippen molar-refractivity contribution in [2.75, 3.05) is 32.2 Å². The van der Waals surface area contributed by atoms with Crippen molar-refractivity contribution in [2.24, 2.45) is 0 Å². The molecule has 57 heavy (non-hydrogen) atoms. The molecule has 2 aliphatic heterocycles. The van der Waals surface area contributed by atoms with Crippen molar-refractivity contribution in [3.05, 3.63) is 77.2 Å². The van der Waals surface area contributed by atoms with Crippen LogP contribution in [0.25, 0.3) is 22.2 Å². The first-order chi connectivity index (χ1) is 27.4. The number of ether oxygens (including phenoxy) is 3. The number of H-pyrrole nitrogens is 1. The second kappa shape index (κ2) is 16.8. The fourth-order valence-corrected chi connectivity index (χ4v) is 10.9. The van der Waals surface area contributed by atoms with E-state index in [1.165, 1.54) is 24.3 Å². The molecule has 2 fully saturated rings. The third-order valence-corrected chi connectivity index (χ3v) is 14.7. The largest absolute Gasteiger partial charge is 0.695 e. The lowest BCUT2D eigenvalue weighted by Crippen LogP contribution is -2.47. The maximum absolute atomic E-state index is 15.3. The van der Waals surface area contributed by atoms with E-state index < -0.39 is 87.3 Å². The van der Waals surface area contributed by atoms with Gasteiger partial charge in [-0.1, -0.05) is 18.2 Å². The lowest BCUT2D eigenvalue weighted by molar-refractivity contribution is -0.0516. The number of methoxy groups -OCH3 is 1. The number of fused-ring (bicyclic) bond motifs is 2. The van der Waals surface area contributed by atoms with E-state index in [0.29, 0.717) is 5.56 Å². The first-order valence-corrected chi connectivity index (χ1v) is 21.0. The van der Waals surface area contributed by atoms with Gasteiger partial charge in [-0.05, 0) is 30.9 Å². The predicted molar refractivity (Wildman–Crippen MR) is 200 cm³/mol. The quantitative estimate of drug-likeness (QED) is 0.0871. The Kier molecular flexibility index (Phi) is 12.0. The molecule has 1 amide bonds. The van der Waals surface area contributed by atoms with Gasteiger partial charge in [0.1, 0.15) is 47.5 Å². The fraction of sp³-hybridized carbons (Fsp3) is 0.424. The molecule has 0 spiro atoms. The summed E-state index contributed by atoms with van der Waals surface area (Å²) in [6.07, 6.45) is -1.81. The van der Waals surface area contributed by atoms with Crippen molar-refractivity contribution in [1.29, 1.82) is 5.26 Å². The Bertz CT molecular complexity index is 2450. The Labute approximate surface area is 328 Å². The number of carbonyl (C=O) groups excluding carboxylic acids is 1. The van der Waals surface area contributed by atoms with Crippen molar-refractivity contribution in [3.63, 3.8) is 0 Å². The van der Waals surface area contributed by atoms with Gasteiger partial charge >= 0.3 is 8.25 Å². The van der Waals surface area contributed by atoms with E-state index >= 15 is 4.39 Å². The number of rotatable bonds is 15. The van der Waals surface area contributed by atoms with Gasteiger partial charge < -0.3 is 43.2 Å². The first kappa shape index (κ1) is 40.7. The molecular weight excluding hydrogens is 811 g/mol. The van der Waals surface area contributed by atoms with Crippen LogP contribution in [-0.4, -0.2) is 106 Å². The van der Waals surface area contributed by atoms with Crippen LogP contribution < -0.4 is 10.9 Å². The van der Waals surface area contributed by atoms with Crippen molar-refractivity contribution in [1.82, 2.24) is 34.1 Å². The Morgan fingerprint density at radius 1 is 1.19 bits per heavy atom. The van der Waals surface area contributed by atoms with E-state index in [-0.39, 0.29) is 47.5 Å². The predicted octanol–water partition coefficient (Wildman–Crippen LogP) is 3.20. The molecule has 7 rings (SSSR count). The highest BCUT2D eigenvalue weighted by atomic mass is 32.5. The van der Waals surface area contributed by atoms with Crippen LogP contribution >= 0.6 is 14.7 Å². The van der Waals surface area contributed by atoms with Crippen LogP contribution in [0.1, 0.15) is 42.6 Å². The van der Waals surface area contributed by atoms with Gasteiger partial charge in [0.05, 0.1) is 45.0 Å². The van der Waals surface area contributed by atoms with Gasteiger partial charge in [-0.25, -0.2) is 24.3 Å². The van der Waals surface area contributed by atoms with Crippen molar-refractivity contribution >= 4 is 60.5 Å². The van der Waals surface area contributed by atoms with Gasteiger partial charge in [0.25, 0.3) is 11.5 Å². The lowest BCUT2D eigenvalue weighted by Gasteiger charge is -2.43. The summed E-state index contributed by atoms with van der Waals surface area (Å²) >= 11 is 6.23. The number of carbonyl (C=O) groups is 1. The smallest absolute Gasteiger partial charge is 0.394 e. The molecular formula is C33H35FN9O11P2S+. The molecule has 1 aromatic carbocycles. The van der Waals surface area contributed by atoms with E-state index in [9.17, 15) is 29.4 Å². The molecule has 0 bridgehead atoms. The third kappa shape index (κ3) is 7.53. The summed E-state index contributed by atoms with van der Waals surface area (Å²) < 4.78 is 66.9. The molecule has 0 saturated carbocycles. The number of benzene rings is 1. The molecule has 20 nitrogen and oxygen atoms in total. The number of aliphatic hydroxyl groups is 1. The topological polar surface area (TPSA) is 260 Å². The maximum atomic E-state index is 15.3. The van der Waals surface area contributed by atoms with Gasteiger partial charge in [-0.3, -0.25) is 14.2 Å². The van der Waals surface area contributed by atoms with Crippen LogP contribution in [0.5, 0.6) is 0 Å². The van der Waals surface area contributed by atoms with Crippen LogP contribution in [0.4, 0.5) is 10.2 Å². The van der Waals surface area contributed by atoms with Crippen LogP contribution in [0, 0.1) is 17.1 Å². The molecule has 9 atom stereocenters. The van der Waals surface area contributed by atoms with E-state index in [4.69, 9.17) is 39.6 Å². The third-order valence-electron chi connectivity index (χ3n) is 9.79. The Morgan fingerprint density at radius 3 is 2.70 bits per heavy atom. The minimum absolute atomic E-state index is 0.000128. The fourth-order valence-electron chi connectivity index (χ4n) is 7.16. The van der Waals surface area contributed by atoms with Crippen LogP contribution in [0.2, 0.25) is 0 Å². The highest BCUT2D eigenvalue weighted by Gasteiger charge is 2.64. The number of imidazole rings is 1. The van der Waals surface area contributed by atoms with Crippen molar-refractivity contribution in [3.8, 4) is 6.07 Å². The molecule has 6 heterocycles. The Morgan fingerprint density at radius 2 is 1.98 bits per heavy atom. The molecule has 24 heteroatoms. The van der Waals surface area contributed by atoms with Crippen molar-refractivity contribution < 1.29 is 51.5 Å². The summed E-state index contributed by atoms with van der Waals surface area (Å²) in [4.78, 5) is 54.8. The van der Waals surface area contributed by atoms with Gasteiger partial charge in [-0.15, -0.1) is 9.42 Å².